The highest BCUT2D eigenvalue weighted by molar-refractivity contribution is 7.09. The Labute approximate surface area is 129 Å². The van der Waals surface area contributed by atoms with E-state index in [2.05, 4.69) is 15.6 Å². The molecule has 2 N–H and O–H groups in total. The van der Waals surface area contributed by atoms with E-state index in [0.717, 1.165) is 11.6 Å². The van der Waals surface area contributed by atoms with E-state index < -0.39 is 11.6 Å². The summed E-state index contributed by atoms with van der Waals surface area (Å²) in [5.74, 6) is -0.0857. The van der Waals surface area contributed by atoms with Gasteiger partial charge in [0, 0.05) is 24.7 Å². The first-order chi connectivity index (χ1) is 8.09. The van der Waals surface area contributed by atoms with Gasteiger partial charge in [-0.05, 0) is 13.8 Å². The number of hydrogen-bond acceptors (Lipinski definition) is 5. The SMILES string of the molecule is CC(C)(NC(=O)C1CNCCO1)c1nccs1.Cl.Cl. The lowest BCUT2D eigenvalue weighted by Gasteiger charge is -2.29. The molecule has 2 heterocycles. The van der Waals surface area contributed by atoms with E-state index in [9.17, 15) is 4.79 Å². The van der Waals surface area contributed by atoms with Crippen molar-refractivity contribution in [1.82, 2.24) is 15.6 Å². The molecule has 1 aliphatic heterocycles. The van der Waals surface area contributed by atoms with Gasteiger partial charge in [-0.25, -0.2) is 4.98 Å². The summed E-state index contributed by atoms with van der Waals surface area (Å²) in [7, 11) is 0. The number of hydrogen-bond donors (Lipinski definition) is 2. The summed E-state index contributed by atoms with van der Waals surface area (Å²) in [6.07, 6.45) is 1.34. The first-order valence-electron chi connectivity index (χ1n) is 5.64. The van der Waals surface area contributed by atoms with E-state index in [1.54, 1.807) is 6.20 Å². The topological polar surface area (TPSA) is 63.2 Å². The van der Waals surface area contributed by atoms with Gasteiger partial charge in [0.05, 0.1) is 12.1 Å². The monoisotopic (exact) mass is 327 g/mol. The number of aromatic nitrogens is 1. The van der Waals surface area contributed by atoms with Crippen molar-refractivity contribution in [1.29, 1.82) is 0 Å². The second-order valence-electron chi connectivity index (χ2n) is 4.52. The lowest BCUT2D eigenvalue weighted by atomic mass is 10.1. The van der Waals surface area contributed by atoms with Gasteiger partial charge in [-0.15, -0.1) is 36.2 Å². The van der Waals surface area contributed by atoms with Gasteiger partial charge in [-0.3, -0.25) is 4.79 Å². The normalized spacial score (nSPS) is 18.9. The first-order valence-corrected chi connectivity index (χ1v) is 6.52. The predicted molar refractivity (Wildman–Crippen MR) is 80.4 cm³/mol. The molecule has 1 aromatic heterocycles. The van der Waals surface area contributed by atoms with Crippen LogP contribution >= 0.6 is 36.2 Å². The molecule has 1 aliphatic rings. The third-order valence-corrected chi connectivity index (χ3v) is 3.72. The standard InChI is InChI=1S/C11H17N3O2S.2ClH/c1-11(2,10-13-4-6-17-10)14-9(15)8-7-12-3-5-16-8;;/h4,6,8,12H,3,5,7H2,1-2H3,(H,14,15);2*1H. The Hall–Kier alpha value is -0.400. The molecule has 110 valence electrons. The van der Waals surface area contributed by atoms with E-state index in [1.807, 2.05) is 19.2 Å². The average Bonchev–Trinajstić information content (AvgIpc) is 2.84. The second kappa shape index (κ2) is 8.01. The van der Waals surface area contributed by atoms with E-state index in [1.165, 1.54) is 11.3 Å². The summed E-state index contributed by atoms with van der Waals surface area (Å²) in [5, 5.41) is 8.91. The zero-order chi connectivity index (χ0) is 12.3. The Morgan fingerprint density at radius 2 is 2.32 bits per heavy atom. The molecule has 0 radical (unpaired) electrons. The van der Waals surface area contributed by atoms with Gasteiger partial charge in [0.2, 0.25) is 0 Å². The lowest BCUT2D eigenvalue weighted by Crippen LogP contribution is -2.52. The maximum Gasteiger partial charge on any atom is 0.251 e. The Morgan fingerprint density at radius 3 is 2.84 bits per heavy atom. The fourth-order valence-corrected chi connectivity index (χ4v) is 2.43. The van der Waals surface area contributed by atoms with Crippen LogP contribution in [0.1, 0.15) is 18.9 Å². The molecule has 1 fully saturated rings. The Balaban J connectivity index is 0.00000162. The number of thiazole rings is 1. The molecule has 8 heteroatoms. The van der Waals surface area contributed by atoms with Crippen LogP contribution in [0.15, 0.2) is 11.6 Å². The number of nitrogens with zero attached hydrogens (tertiary/aromatic N) is 1. The minimum absolute atomic E-state index is 0. The molecule has 1 atom stereocenters. The van der Waals surface area contributed by atoms with Crippen LogP contribution in [0.5, 0.6) is 0 Å². The van der Waals surface area contributed by atoms with Crippen molar-refractivity contribution < 1.29 is 9.53 Å². The fraction of sp³-hybridized carbons (Fsp3) is 0.636. The fourth-order valence-electron chi connectivity index (χ4n) is 1.71. The van der Waals surface area contributed by atoms with Crippen LogP contribution in [0.2, 0.25) is 0 Å². The van der Waals surface area contributed by atoms with Crippen molar-refractivity contribution >= 4 is 42.1 Å². The summed E-state index contributed by atoms with van der Waals surface area (Å²) in [5.41, 5.74) is -0.452. The Morgan fingerprint density at radius 1 is 1.58 bits per heavy atom. The highest BCUT2D eigenvalue weighted by Gasteiger charge is 2.30. The number of amides is 1. The van der Waals surface area contributed by atoms with Gasteiger partial charge in [-0.2, -0.15) is 0 Å². The van der Waals surface area contributed by atoms with Crippen LogP contribution in [0.4, 0.5) is 0 Å². The number of rotatable bonds is 3. The second-order valence-corrected chi connectivity index (χ2v) is 5.41. The Bertz CT molecular complexity index is 381. The molecule has 1 amide bonds. The third kappa shape index (κ3) is 4.89. The van der Waals surface area contributed by atoms with Crippen LogP contribution < -0.4 is 10.6 Å². The third-order valence-electron chi connectivity index (χ3n) is 2.62. The molecule has 0 spiro atoms. The summed E-state index contributed by atoms with van der Waals surface area (Å²) in [6.45, 7) is 5.84. The summed E-state index contributed by atoms with van der Waals surface area (Å²) in [6, 6.07) is 0. The van der Waals surface area contributed by atoms with Crippen LogP contribution in [0.3, 0.4) is 0 Å². The van der Waals surface area contributed by atoms with Gasteiger partial charge in [0.15, 0.2) is 0 Å². The molecular weight excluding hydrogens is 309 g/mol. The largest absolute Gasteiger partial charge is 0.366 e. The first kappa shape index (κ1) is 18.6. The molecule has 2 rings (SSSR count). The van der Waals surface area contributed by atoms with Gasteiger partial charge in [-0.1, -0.05) is 0 Å². The van der Waals surface area contributed by atoms with E-state index in [-0.39, 0.29) is 30.7 Å². The molecule has 1 saturated heterocycles. The van der Waals surface area contributed by atoms with Gasteiger partial charge in [0.25, 0.3) is 5.91 Å². The van der Waals surface area contributed by atoms with E-state index in [0.29, 0.717) is 13.2 Å². The van der Waals surface area contributed by atoms with Gasteiger partial charge < -0.3 is 15.4 Å². The lowest BCUT2D eigenvalue weighted by molar-refractivity contribution is -0.136. The minimum atomic E-state index is -0.452. The Kier molecular flexibility index (Phi) is 7.85. The van der Waals surface area contributed by atoms with Crippen molar-refractivity contribution in [2.24, 2.45) is 0 Å². The molecule has 1 unspecified atom stereocenters. The van der Waals surface area contributed by atoms with Crippen molar-refractivity contribution in [2.45, 2.75) is 25.5 Å². The number of halogens is 2. The highest BCUT2D eigenvalue weighted by atomic mass is 35.5. The van der Waals surface area contributed by atoms with Crippen LogP contribution in [-0.4, -0.2) is 36.7 Å². The maximum absolute atomic E-state index is 12.0. The van der Waals surface area contributed by atoms with E-state index >= 15 is 0 Å². The quantitative estimate of drug-likeness (QED) is 0.879. The van der Waals surface area contributed by atoms with Crippen LogP contribution in [-0.2, 0) is 15.1 Å². The number of nitrogens with one attached hydrogen (secondary N) is 2. The summed E-state index contributed by atoms with van der Waals surface area (Å²) >= 11 is 1.54. The van der Waals surface area contributed by atoms with Crippen LogP contribution in [0.25, 0.3) is 0 Å². The molecule has 0 aliphatic carbocycles. The summed E-state index contributed by atoms with van der Waals surface area (Å²) < 4.78 is 5.41. The summed E-state index contributed by atoms with van der Waals surface area (Å²) in [4.78, 5) is 16.2. The smallest absolute Gasteiger partial charge is 0.251 e. The molecule has 5 nitrogen and oxygen atoms in total. The van der Waals surface area contributed by atoms with Crippen LogP contribution in [0, 0.1) is 0 Å². The molecule has 0 saturated carbocycles. The maximum atomic E-state index is 12.0. The molecule has 19 heavy (non-hydrogen) atoms. The minimum Gasteiger partial charge on any atom is -0.366 e. The average molecular weight is 328 g/mol. The van der Waals surface area contributed by atoms with Crippen molar-refractivity contribution in [3.63, 3.8) is 0 Å². The van der Waals surface area contributed by atoms with Crippen molar-refractivity contribution in [2.75, 3.05) is 19.7 Å². The van der Waals surface area contributed by atoms with Gasteiger partial charge >= 0.3 is 0 Å². The molecule has 0 aromatic carbocycles. The highest BCUT2D eigenvalue weighted by Crippen LogP contribution is 2.22. The van der Waals surface area contributed by atoms with E-state index in [4.69, 9.17) is 4.74 Å². The number of carbonyl (C=O) groups is 1. The van der Waals surface area contributed by atoms with Crippen molar-refractivity contribution in [3.8, 4) is 0 Å². The molecular formula is C11H19Cl2N3O2S. The predicted octanol–water partition coefficient (Wildman–Crippen LogP) is 1.33. The number of ether oxygens (including phenoxy) is 1. The molecule has 1 aromatic rings. The molecule has 0 bridgehead atoms. The van der Waals surface area contributed by atoms with Crippen molar-refractivity contribution in [3.05, 3.63) is 16.6 Å². The number of morpholine rings is 1. The zero-order valence-corrected chi connectivity index (χ0v) is 13.3. The zero-order valence-electron chi connectivity index (χ0n) is 10.8. The number of carbonyl (C=O) groups excluding carboxylic acids is 1. The van der Waals surface area contributed by atoms with Gasteiger partial charge in [0.1, 0.15) is 11.1 Å².